The number of fused-ring (bicyclic) bond motifs is 1. The first-order chi connectivity index (χ1) is 11.3. The largest absolute Gasteiger partial charge is 0.284 e. The Kier molecular flexibility index (Phi) is 3.47. The van der Waals surface area contributed by atoms with Crippen LogP contribution in [0.1, 0.15) is 6.42 Å². The molecule has 0 saturated carbocycles. The second-order valence-corrected chi connectivity index (χ2v) is 9.01. The Morgan fingerprint density at radius 2 is 2.00 bits per heavy atom. The molecule has 0 radical (unpaired) electrons. The van der Waals surface area contributed by atoms with Gasteiger partial charge in [0.2, 0.25) is 5.91 Å². The first kappa shape index (κ1) is 15.6. The number of hydrogen-bond donors (Lipinski definition) is 0. The van der Waals surface area contributed by atoms with Crippen LogP contribution in [0.2, 0.25) is 0 Å². The van der Waals surface area contributed by atoms with Crippen LogP contribution in [0.25, 0.3) is 11.3 Å². The minimum atomic E-state index is -3.13. The van der Waals surface area contributed by atoms with E-state index >= 15 is 0 Å². The fraction of sp³-hybridized carbons (Fsp3) is 0.333. The number of sulfone groups is 1. The molecule has 2 fully saturated rings. The standard InChI is InChI=1S/C15H12F2N2O3S2/c16-10-2-1-8(3-11(10)17)12-5-23-15(18-12)19-13-7-24(21,22)6-9(13)4-14(19)20/h1-3,5,9,13H,4,6-7H2/t9-,13+/m0/s1. The summed E-state index contributed by atoms with van der Waals surface area (Å²) >= 11 is 1.19. The first-order valence-corrected chi connectivity index (χ1v) is 9.97. The molecule has 0 bridgehead atoms. The average molecular weight is 370 g/mol. The number of thiazole rings is 1. The summed E-state index contributed by atoms with van der Waals surface area (Å²) in [6, 6.07) is 3.09. The van der Waals surface area contributed by atoms with E-state index in [-0.39, 0.29) is 35.8 Å². The van der Waals surface area contributed by atoms with Crippen molar-refractivity contribution in [1.82, 2.24) is 4.98 Å². The number of rotatable bonds is 2. The van der Waals surface area contributed by atoms with Crippen LogP contribution in [0.4, 0.5) is 13.9 Å². The molecule has 2 saturated heterocycles. The Hall–Kier alpha value is -1.87. The van der Waals surface area contributed by atoms with Gasteiger partial charge in [-0.1, -0.05) is 0 Å². The molecule has 2 aromatic rings. The Morgan fingerprint density at radius 3 is 2.75 bits per heavy atom. The third-order valence-corrected chi connectivity index (χ3v) is 7.01. The van der Waals surface area contributed by atoms with E-state index in [1.54, 1.807) is 5.38 Å². The van der Waals surface area contributed by atoms with Crippen molar-refractivity contribution in [2.75, 3.05) is 16.4 Å². The van der Waals surface area contributed by atoms with E-state index in [9.17, 15) is 22.0 Å². The Morgan fingerprint density at radius 1 is 1.21 bits per heavy atom. The van der Waals surface area contributed by atoms with Crippen molar-refractivity contribution in [3.05, 3.63) is 35.2 Å². The second kappa shape index (κ2) is 5.32. The van der Waals surface area contributed by atoms with Gasteiger partial charge in [0, 0.05) is 23.3 Å². The summed E-state index contributed by atoms with van der Waals surface area (Å²) in [4.78, 5) is 18.0. The summed E-state index contributed by atoms with van der Waals surface area (Å²) < 4.78 is 50.0. The molecule has 4 rings (SSSR count). The Bertz CT molecular complexity index is 942. The van der Waals surface area contributed by atoms with Crippen molar-refractivity contribution in [3.8, 4) is 11.3 Å². The normalized spacial score (nSPS) is 25.2. The molecule has 0 N–H and O–H groups in total. The monoisotopic (exact) mass is 370 g/mol. The molecule has 1 amide bonds. The van der Waals surface area contributed by atoms with Crippen molar-refractivity contribution in [2.45, 2.75) is 12.5 Å². The van der Waals surface area contributed by atoms with Gasteiger partial charge in [-0.05, 0) is 18.2 Å². The van der Waals surface area contributed by atoms with E-state index in [0.717, 1.165) is 12.1 Å². The molecular formula is C15H12F2N2O3S2. The SMILES string of the molecule is O=C1C[C@H]2CS(=O)(=O)C[C@H]2N1c1nc(-c2ccc(F)c(F)c2)cs1. The summed E-state index contributed by atoms with van der Waals surface area (Å²) in [5, 5.41) is 2.04. The zero-order valence-electron chi connectivity index (χ0n) is 12.3. The summed E-state index contributed by atoms with van der Waals surface area (Å²) in [5.41, 5.74) is 0.824. The average Bonchev–Trinajstić information content (AvgIpc) is 3.14. The van der Waals surface area contributed by atoms with Gasteiger partial charge in [0.1, 0.15) is 0 Å². The van der Waals surface area contributed by atoms with Crippen molar-refractivity contribution < 1.29 is 22.0 Å². The predicted octanol–water partition coefficient (Wildman–Crippen LogP) is 2.24. The summed E-state index contributed by atoms with van der Waals surface area (Å²) in [6.07, 6.45) is 0.198. The highest BCUT2D eigenvalue weighted by Gasteiger charge is 2.50. The zero-order valence-corrected chi connectivity index (χ0v) is 13.9. The van der Waals surface area contributed by atoms with Gasteiger partial charge in [-0.15, -0.1) is 11.3 Å². The predicted molar refractivity (Wildman–Crippen MR) is 85.5 cm³/mol. The van der Waals surface area contributed by atoms with Crippen molar-refractivity contribution in [2.24, 2.45) is 5.92 Å². The molecule has 2 atom stereocenters. The molecule has 3 heterocycles. The molecule has 1 aromatic carbocycles. The van der Waals surface area contributed by atoms with Gasteiger partial charge < -0.3 is 0 Å². The van der Waals surface area contributed by atoms with Gasteiger partial charge in [-0.3, -0.25) is 9.69 Å². The molecule has 0 spiro atoms. The van der Waals surface area contributed by atoms with Gasteiger partial charge in [-0.2, -0.15) is 0 Å². The van der Waals surface area contributed by atoms with Crippen LogP contribution in [-0.2, 0) is 14.6 Å². The van der Waals surface area contributed by atoms with Crippen LogP contribution >= 0.6 is 11.3 Å². The lowest BCUT2D eigenvalue weighted by Gasteiger charge is -2.19. The fourth-order valence-electron chi connectivity index (χ4n) is 3.30. The highest BCUT2D eigenvalue weighted by molar-refractivity contribution is 7.91. The summed E-state index contributed by atoms with van der Waals surface area (Å²) in [5.74, 6) is -2.28. The highest BCUT2D eigenvalue weighted by atomic mass is 32.2. The van der Waals surface area contributed by atoms with Crippen molar-refractivity contribution in [1.29, 1.82) is 0 Å². The second-order valence-electron chi connectivity index (χ2n) is 6.02. The third-order valence-electron chi connectivity index (χ3n) is 4.39. The Labute approximate surface area is 140 Å². The van der Waals surface area contributed by atoms with Crippen LogP contribution in [-0.4, -0.2) is 36.9 Å². The molecule has 2 aliphatic rings. The van der Waals surface area contributed by atoms with Crippen molar-refractivity contribution >= 4 is 32.2 Å². The molecule has 2 aliphatic heterocycles. The molecule has 9 heteroatoms. The molecule has 24 heavy (non-hydrogen) atoms. The third kappa shape index (κ3) is 2.51. The van der Waals surface area contributed by atoms with Crippen molar-refractivity contribution in [3.63, 3.8) is 0 Å². The van der Waals surface area contributed by atoms with Gasteiger partial charge in [0.05, 0.1) is 23.2 Å². The number of anilines is 1. The molecule has 5 nitrogen and oxygen atoms in total. The number of halogens is 2. The molecular weight excluding hydrogens is 358 g/mol. The minimum Gasteiger partial charge on any atom is -0.284 e. The lowest BCUT2D eigenvalue weighted by atomic mass is 10.1. The van der Waals surface area contributed by atoms with Crippen LogP contribution in [0.15, 0.2) is 23.6 Å². The number of amides is 1. The quantitative estimate of drug-likeness (QED) is 0.813. The zero-order chi connectivity index (χ0) is 17.1. The number of carbonyl (C=O) groups excluding carboxylic acids is 1. The number of nitrogens with zero attached hydrogens (tertiary/aromatic N) is 2. The van der Waals surface area contributed by atoms with Gasteiger partial charge >= 0.3 is 0 Å². The highest BCUT2D eigenvalue weighted by Crippen LogP contribution is 2.39. The van der Waals surface area contributed by atoms with Gasteiger partial charge in [-0.25, -0.2) is 22.2 Å². The molecule has 0 aliphatic carbocycles. The van der Waals surface area contributed by atoms with Crippen LogP contribution in [0.3, 0.4) is 0 Å². The summed E-state index contributed by atoms with van der Waals surface area (Å²) in [7, 11) is -3.13. The Balaban J connectivity index is 1.67. The van der Waals surface area contributed by atoms with Crippen LogP contribution in [0, 0.1) is 17.6 Å². The maximum atomic E-state index is 13.4. The number of hydrogen-bond acceptors (Lipinski definition) is 5. The van der Waals surface area contributed by atoms with Crippen LogP contribution in [0.5, 0.6) is 0 Å². The lowest BCUT2D eigenvalue weighted by molar-refractivity contribution is -0.117. The topological polar surface area (TPSA) is 67.3 Å². The number of carbonyl (C=O) groups is 1. The van der Waals surface area contributed by atoms with E-state index in [1.807, 2.05) is 0 Å². The van der Waals surface area contributed by atoms with E-state index in [4.69, 9.17) is 0 Å². The lowest BCUT2D eigenvalue weighted by Crippen LogP contribution is -2.36. The van der Waals surface area contributed by atoms with E-state index in [2.05, 4.69) is 4.98 Å². The first-order valence-electron chi connectivity index (χ1n) is 7.27. The number of benzene rings is 1. The fourth-order valence-corrected chi connectivity index (χ4v) is 6.28. The smallest absolute Gasteiger partial charge is 0.229 e. The van der Waals surface area contributed by atoms with E-state index in [0.29, 0.717) is 16.4 Å². The molecule has 0 unspecified atom stereocenters. The maximum absolute atomic E-state index is 13.4. The van der Waals surface area contributed by atoms with Gasteiger partial charge in [0.15, 0.2) is 26.6 Å². The van der Waals surface area contributed by atoms with E-state index in [1.165, 1.54) is 22.3 Å². The number of aromatic nitrogens is 1. The summed E-state index contributed by atoms with van der Waals surface area (Å²) in [6.45, 7) is 0. The minimum absolute atomic E-state index is 0.0291. The van der Waals surface area contributed by atoms with Crippen LogP contribution < -0.4 is 4.90 Å². The maximum Gasteiger partial charge on any atom is 0.229 e. The van der Waals surface area contributed by atoms with Gasteiger partial charge in [0.25, 0.3) is 0 Å². The molecule has 1 aromatic heterocycles. The molecule has 126 valence electrons. The van der Waals surface area contributed by atoms with E-state index < -0.39 is 21.5 Å².